The second-order valence-electron chi connectivity index (χ2n) is 4.91. The maximum absolute atomic E-state index is 13.0. The van der Waals surface area contributed by atoms with Gasteiger partial charge >= 0.3 is 0 Å². The summed E-state index contributed by atoms with van der Waals surface area (Å²) in [5.74, 6) is -0.657. The van der Waals surface area contributed by atoms with E-state index < -0.39 is 11.6 Å². The standard InChI is InChI=1S/C14H19F2N/c1-2-12(7-10-3-4-10)17-9-11-5-6-13(15)14(16)8-11/h5-6,8,10,12,17H,2-4,7,9H2,1H3. The monoisotopic (exact) mass is 239 g/mol. The molecule has 0 heterocycles. The average Bonchev–Trinajstić information content (AvgIpc) is 3.12. The van der Waals surface area contributed by atoms with Crippen LogP contribution in [0, 0.1) is 17.6 Å². The molecule has 1 nitrogen and oxygen atoms in total. The summed E-state index contributed by atoms with van der Waals surface area (Å²) >= 11 is 0. The SMILES string of the molecule is CCC(CC1CC1)NCc1ccc(F)c(F)c1. The molecule has 0 bridgehead atoms. The van der Waals surface area contributed by atoms with Crippen LogP contribution in [-0.4, -0.2) is 6.04 Å². The Balaban J connectivity index is 1.84. The summed E-state index contributed by atoms with van der Waals surface area (Å²) in [6.07, 6.45) is 4.99. The number of halogens is 2. The first-order valence-electron chi connectivity index (χ1n) is 6.36. The third kappa shape index (κ3) is 3.77. The molecule has 1 unspecified atom stereocenters. The Labute approximate surface area is 101 Å². The highest BCUT2D eigenvalue weighted by molar-refractivity contribution is 5.17. The molecule has 3 heteroatoms. The summed E-state index contributed by atoms with van der Waals surface area (Å²) in [6.45, 7) is 2.77. The molecule has 1 aliphatic carbocycles. The van der Waals surface area contributed by atoms with Crippen LogP contribution in [0.15, 0.2) is 18.2 Å². The molecule has 1 aromatic carbocycles. The maximum Gasteiger partial charge on any atom is 0.159 e. The van der Waals surface area contributed by atoms with E-state index in [1.807, 2.05) is 0 Å². The molecule has 0 aliphatic heterocycles. The van der Waals surface area contributed by atoms with E-state index in [1.165, 1.54) is 31.4 Å². The van der Waals surface area contributed by atoms with Gasteiger partial charge in [-0.2, -0.15) is 0 Å². The van der Waals surface area contributed by atoms with Crippen molar-refractivity contribution >= 4 is 0 Å². The van der Waals surface area contributed by atoms with Gasteiger partial charge in [-0.25, -0.2) is 8.78 Å². The van der Waals surface area contributed by atoms with Gasteiger partial charge in [0.15, 0.2) is 11.6 Å². The molecule has 1 saturated carbocycles. The van der Waals surface area contributed by atoms with E-state index in [1.54, 1.807) is 6.07 Å². The highest BCUT2D eigenvalue weighted by Gasteiger charge is 2.24. The van der Waals surface area contributed by atoms with Gasteiger partial charge < -0.3 is 5.32 Å². The summed E-state index contributed by atoms with van der Waals surface area (Å²) in [6, 6.07) is 4.59. The van der Waals surface area contributed by atoms with Crippen LogP contribution in [0.25, 0.3) is 0 Å². The summed E-state index contributed by atoms with van der Waals surface area (Å²) in [7, 11) is 0. The van der Waals surface area contributed by atoms with Crippen LogP contribution in [0.3, 0.4) is 0 Å². The van der Waals surface area contributed by atoms with Crippen molar-refractivity contribution in [1.82, 2.24) is 5.32 Å². The van der Waals surface area contributed by atoms with Gasteiger partial charge in [0.05, 0.1) is 0 Å². The van der Waals surface area contributed by atoms with Crippen molar-refractivity contribution in [2.45, 2.75) is 45.2 Å². The highest BCUT2D eigenvalue weighted by Crippen LogP contribution is 2.34. The molecule has 0 amide bonds. The first kappa shape index (κ1) is 12.5. The molecular formula is C14H19F2N. The van der Waals surface area contributed by atoms with Gasteiger partial charge in [0.1, 0.15) is 0 Å². The summed E-state index contributed by atoms with van der Waals surface area (Å²) in [5, 5.41) is 3.41. The van der Waals surface area contributed by atoms with E-state index >= 15 is 0 Å². The van der Waals surface area contributed by atoms with Gasteiger partial charge in [-0.1, -0.05) is 25.8 Å². The normalized spacial score (nSPS) is 17.1. The molecule has 17 heavy (non-hydrogen) atoms. The Kier molecular flexibility index (Phi) is 4.11. The fourth-order valence-electron chi connectivity index (χ4n) is 2.06. The molecule has 0 radical (unpaired) electrons. The molecule has 94 valence electrons. The summed E-state index contributed by atoms with van der Waals surface area (Å²) in [5.41, 5.74) is 0.804. The summed E-state index contributed by atoms with van der Waals surface area (Å²) in [4.78, 5) is 0. The molecular weight excluding hydrogens is 220 g/mol. The Bertz CT molecular complexity index is 374. The first-order valence-corrected chi connectivity index (χ1v) is 6.36. The van der Waals surface area contributed by atoms with Crippen molar-refractivity contribution in [3.8, 4) is 0 Å². The van der Waals surface area contributed by atoms with Crippen LogP contribution >= 0.6 is 0 Å². The van der Waals surface area contributed by atoms with Crippen molar-refractivity contribution in [3.63, 3.8) is 0 Å². The molecule has 1 aromatic rings. The minimum absolute atomic E-state index is 0.496. The van der Waals surface area contributed by atoms with E-state index in [9.17, 15) is 8.78 Å². The van der Waals surface area contributed by atoms with Gasteiger partial charge in [0, 0.05) is 12.6 Å². The van der Waals surface area contributed by atoms with E-state index in [2.05, 4.69) is 12.2 Å². The fourth-order valence-corrected chi connectivity index (χ4v) is 2.06. The van der Waals surface area contributed by atoms with Crippen LogP contribution in [0.2, 0.25) is 0 Å². The molecule has 2 rings (SSSR count). The van der Waals surface area contributed by atoms with E-state index in [0.29, 0.717) is 12.6 Å². The minimum atomic E-state index is -0.779. The van der Waals surface area contributed by atoms with Gasteiger partial charge in [-0.15, -0.1) is 0 Å². The van der Waals surface area contributed by atoms with Gasteiger partial charge in [-0.3, -0.25) is 0 Å². The predicted octanol–water partition coefficient (Wildman–Crippen LogP) is 3.63. The smallest absolute Gasteiger partial charge is 0.159 e. The highest BCUT2D eigenvalue weighted by atomic mass is 19.2. The van der Waals surface area contributed by atoms with E-state index in [-0.39, 0.29) is 0 Å². The lowest BCUT2D eigenvalue weighted by Gasteiger charge is -2.16. The van der Waals surface area contributed by atoms with Gasteiger partial charge in [-0.05, 0) is 36.5 Å². The number of benzene rings is 1. The van der Waals surface area contributed by atoms with Crippen LogP contribution in [-0.2, 0) is 6.54 Å². The third-order valence-electron chi connectivity index (χ3n) is 3.39. The predicted molar refractivity (Wildman–Crippen MR) is 64.6 cm³/mol. The summed E-state index contributed by atoms with van der Waals surface area (Å²) < 4.78 is 25.8. The Morgan fingerprint density at radius 1 is 1.29 bits per heavy atom. The number of rotatable bonds is 6. The molecule has 1 N–H and O–H groups in total. The lowest BCUT2D eigenvalue weighted by atomic mass is 10.1. The topological polar surface area (TPSA) is 12.0 Å². The second kappa shape index (κ2) is 5.58. The maximum atomic E-state index is 13.0. The first-order chi connectivity index (χ1) is 8.19. The zero-order valence-electron chi connectivity index (χ0n) is 10.2. The van der Waals surface area contributed by atoms with Crippen LogP contribution in [0.5, 0.6) is 0 Å². The Morgan fingerprint density at radius 2 is 2.06 bits per heavy atom. The molecule has 1 atom stereocenters. The lowest BCUT2D eigenvalue weighted by molar-refractivity contribution is 0.443. The van der Waals surface area contributed by atoms with Crippen LogP contribution in [0.4, 0.5) is 8.78 Å². The van der Waals surface area contributed by atoms with Gasteiger partial charge in [0.2, 0.25) is 0 Å². The fraction of sp³-hybridized carbons (Fsp3) is 0.571. The molecule has 0 aromatic heterocycles. The molecule has 0 spiro atoms. The van der Waals surface area contributed by atoms with Crippen molar-refractivity contribution < 1.29 is 8.78 Å². The zero-order valence-corrected chi connectivity index (χ0v) is 10.2. The van der Waals surface area contributed by atoms with Crippen molar-refractivity contribution in [1.29, 1.82) is 0 Å². The Hall–Kier alpha value is -0.960. The average molecular weight is 239 g/mol. The zero-order chi connectivity index (χ0) is 12.3. The Morgan fingerprint density at radius 3 is 2.65 bits per heavy atom. The quantitative estimate of drug-likeness (QED) is 0.799. The van der Waals surface area contributed by atoms with Crippen molar-refractivity contribution in [2.75, 3.05) is 0 Å². The van der Waals surface area contributed by atoms with Crippen molar-refractivity contribution in [2.24, 2.45) is 5.92 Å². The molecule has 1 aliphatic rings. The third-order valence-corrected chi connectivity index (χ3v) is 3.39. The van der Waals surface area contributed by atoms with Crippen LogP contribution in [0.1, 0.15) is 38.2 Å². The minimum Gasteiger partial charge on any atom is -0.310 e. The number of hydrogen-bond donors (Lipinski definition) is 1. The van der Waals surface area contributed by atoms with Crippen molar-refractivity contribution in [3.05, 3.63) is 35.4 Å². The van der Waals surface area contributed by atoms with E-state index in [4.69, 9.17) is 0 Å². The van der Waals surface area contributed by atoms with Crippen LogP contribution < -0.4 is 5.32 Å². The van der Waals surface area contributed by atoms with E-state index in [0.717, 1.165) is 17.9 Å². The molecule has 0 saturated heterocycles. The lowest BCUT2D eigenvalue weighted by Crippen LogP contribution is -2.28. The number of hydrogen-bond acceptors (Lipinski definition) is 1. The van der Waals surface area contributed by atoms with Gasteiger partial charge in [0.25, 0.3) is 0 Å². The largest absolute Gasteiger partial charge is 0.310 e. The molecule has 1 fully saturated rings. The second-order valence-corrected chi connectivity index (χ2v) is 4.91. The number of nitrogens with one attached hydrogen (secondary N) is 1.